The van der Waals surface area contributed by atoms with Gasteiger partial charge in [0.1, 0.15) is 11.5 Å². The molecule has 2 rings (SSSR count). The van der Waals surface area contributed by atoms with Gasteiger partial charge >= 0.3 is 0 Å². The van der Waals surface area contributed by atoms with E-state index >= 15 is 0 Å². The summed E-state index contributed by atoms with van der Waals surface area (Å²) in [5.74, 6) is 0.987. The Kier molecular flexibility index (Phi) is 7.34. The number of nitrogens with zero attached hydrogens (tertiary/aromatic N) is 1. The number of hydroxylamine groups is 1. The fraction of sp³-hybridized carbons (Fsp3) is 0.300. The molecule has 2 aromatic rings. The van der Waals surface area contributed by atoms with Crippen molar-refractivity contribution in [3.63, 3.8) is 0 Å². The van der Waals surface area contributed by atoms with Crippen LogP contribution in [0.5, 0.6) is 11.5 Å². The first kappa shape index (κ1) is 20.4. The van der Waals surface area contributed by atoms with E-state index in [4.69, 9.17) is 9.94 Å². The van der Waals surface area contributed by atoms with Crippen molar-refractivity contribution < 1.29 is 25.3 Å². The fourth-order valence-corrected chi connectivity index (χ4v) is 2.60. The Labute approximate surface area is 158 Å². The van der Waals surface area contributed by atoms with Gasteiger partial charge in [-0.2, -0.15) is 0 Å². The molecule has 0 bridgehead atoms. The van der Waals surface area contributed by atoms with Crippen LogP contribution in [0, 0.1) is 0 Å². The third kappa shape index (κ3) is 6.40. The number of quaternary nitrogens is 1. The lowest BCUT2D eigenvalue weighted by Crippen LogP contribution is -2.68. The van der Waals surface area contributed by atoms with E-state index in [1.807, 2.05) is 48.5 Å². The Morgan fingerprint density at radius 3 is 2.04 bits per heavy atom. The summed E-state index contributed by atoms with van der Waals surface area (Å²) in [5.41, 5.74) is 7.54. The van der Waals surface area contributed by atoms with Gasteiger partial charge in [0.15, 0.2) is 6.04 Å². The second-order valence-corrected chi connectivity index (χ2v) is 6.56. The van der Waals surface area contributed by atoms with E-state index in [2.05, 4.69) is 5.73 Å². The molecule has 0 aliphatic heterocycles. The first-order valence-electron chi connectivity index (χ1n) is 8.72. The molecular formula is C20H26N3O4+. The highest BCUT2D eigenvalue weighted by atomic mass is 16.5. The predicted molar refractivity (Wildman–Crippen MR) is 100 cm³/mol. The summed E-state index contributed by atoms with van der Waals surface area (Å²) in [4.78, 5) is 24.5. The molecule has 144 valence electrons. The number of nitrogens with one attached hydrogen (secondary N) is 1. The molecule has 0 radical (unpaired) electrons. The Balaban J connectivity index is 1.90. The number of rotatable bonds is 8. The Morgan fingerprint density at radius 1 is 1.04 bits per heavy atom. The van der Waals surface area contributed by atoms with Gasteiger partial charge in [0.2, 0.25) is 5.91 Å². The Bertz CT molecular complexity index is 758. The van der Waals surface area contributed by atoms with Gasteiger partial charge in [0.25, 0.3) is 5.91 Å². The van der Waals surface area contributed by atoms with Crippen molar-refractivity contribution in [1.29, 1.82) is 0 Å². The zero-order chi connectivity index (χ0) is 19.8. The minimum Gasteiger partial charge on any atom is -0.457 e. The van der Waals surface area contributed by atoms with Crippen molar-refractivity contribution in [1.82, 2.24) is 10.4 Å². The number of carbonyl (C=O) groups excluding carboxylic acids is 2. The second-order valence-electron chi connectivity index (χ2n) is 6.56. The van der Waals surface area contributed by atoms with E-state index in [0.29, 0.717) is 24.3 Å². The van der Waals surface area contributed by atoms with Crippen LogP contribution in [-0.4, -0.2) is 42.1 Å². The van der Waals surface area contributed by atoms with Crippen molar-refractivity contribution in [3.8, 4) is 11.5 Å². The number of hydrogen-bond acceptors (Lipinski definition) is 4. The second kappa shape index (κ2) is 9.70. The van der Waals surface area contributed by atoms with Crippen LogP contribution in [0.25, 0.3) is 0 Å². The molecule has 7 heteroatoms. The number of likely N-dealkylation sites (N-methyl/N-ethyl adjacent to an activating group) is 1. The number of carbonyl (C=O) groups is 2. The topological polar surface area (TPSA) is 107 Å². The van der Waals surface area contributed by atoms with Crippen molar-refractivity contribution in [2.24, 2.45) is 0 Å². The Hall–Kier alpha value is -2.90. The van der Waals surface area contributed by atoms with Crippen molar-refractivity contribution in [2.45, 2.75) is 25.3 Å². The molecule has 0 aliphatic carbocycles. The smallest absolute Gasteiger partial charge is 0.280 e. The highest BCUT2D eigenvalue weighted by Crippen LogP contribution is 2.22. The lowest BCUT2D eigenvalue weighted by atomic mass is 10.1. The zero-order valence-electron chi connectivity index (χ0n) is 15.6. The van der Waals surface area contributed by atoms with E-state index in [0.717, 1.165) is 11.1 Å². The Morgan fingerprint density at radius 2 is 1.56 bits per heavy atom. The van der Waals surface area contributed by atoms with E-state index < -0.39 is 5.91 Å². The number of aryl methyl sites for hydroxylation is 1. The van der Waals surface area contributed by atoms with Crippen molar-refractivity contribution in [3.05, 3.63) is 59.7 Å². The lowest BCUT2D eigenvalue weighted by Gasteiger charge is -2.14. The molecule has 0 fully saturated rings. The molecule has 0 heterocycles. The van der Waals surface area contributed by atoms with Crippen LogP contribution in [0.15, 0.2) is 48.5 Å². The van der Waals surface area contributed by atoms with Gasteiger partial charge in [0.05, 0.1) is 0 Å². The summed E-state index contributed by atoms with van der Waals surface area (Å²) in [5, 5.41) is 8.50. The maximum atomic E-state index is 11.9. The van der Waals surface area contributed by atoms with Crippen molar-refractivity contribution >= 4 is 11.8 Å². The maximum Gasteiger partial charge on any atom is 0.280 e. The zero-order valence-corrected chi connectivity index (χ0v) is 15.6. The largest absolute Gasteiger partial charge is 0.457 e. The first-order valence-corrected chi connectivity index (χ1v) is 8.72. The fourth-order valence-electron chi connectivity index (χ4n) is 2.60. The molecule has 7 nitrogen and oxygen atoms in total. The highest BCUT2D eigenvalue weighted by molar-refractivity contribution is 5.80. The molecule has 0 aliphatic rings. The summed E-state index contributed by atoms with van der Waals surface area (Å²) in [6, 6.07) is 14.7. The molecular weight excluding hydrogens is 346 g/mol. The van der Waals surface area contributed by atoms with Gasteiger partial charge in [-0.05, 0) is 41.8 Å². The van der Waals surface area contributed by atoms with Gasteiger partial charge < -0.3 is 15.4 Å². The average Bonchev–Trinajstić information content (AvgIpc) is 2.67. The molecule has 5 N–H and O–H groups in total. The minimum atomic E-state index is -0.410. The molecule has 0 saturated carbocycles. The number of ether oxygens (including phenoxy) is 1. The average molecular weight is 372 g/mol. The van der Waals surface area contributed by atoms with Gasteiger partial charge in [-0.15, -0.1) is 0 Å². The quantitative estimate of drug-likeness (QED) is 0.477. The van der Waals surface area contributed by atoms with Crippen LogP contribution in [-0.2, 0) is 22.4 Å². The molecule has 0 spiro atoms. The third-order valence-corrected chi connectivity index (χ3v) is 4.12. The molecule has 27 heavy (non-hydrogen) atoms. The maximum absolute atomic E-state index is 11.9. The molecule has 2 aromatic carbocycles. The summed E-state index contributed by atoms with van der Waals surface area (Å²) in [7, 11) is 3.45. The minimum absolute atomic E-state index is 0.00638. The summed E-state index contributed by atoms with van der Waals surface area (Å²) < 4.78 is 5.82. The molecule has 0 unspecified atom stereocenters. The van der Waals surface area contributed by atoms with Crippen LogP contribution < -0.4 is 16.0 Å². The van der Waals surface area contributed by atoms with Gasteiger partial charge in [-0.25, -0.2) is 5.48 Å². The number of amides is 2. The monoisotopic (exact) mass is 372 g/mol. The van der Waals surface area contributed by atoms with E-state index in [1.54, 1.807) is 24.5 Å². The lowest BCUT2D eigenvalue weighted by molar-refractivity contribution is -0.404. The summed E-state index contributed by atoms with van der Waals surface area (Å²) in [6.07, 6.45) is 1.34. The molecule has 2 amide bonds. The standard InChI is InChI=1S/C20H25N3O4/c1-23(2)20(25)18(21)13-15-5-10-17(11-6-15)27-16-8-3-14(4-9-16)7-12-19(24)22-26/h3-6,8-11,18,26H,7,12-13,21H2,1-2H3,(H,22,24)/p+1/t18-/m0/s1. The van der Waals surface area contributed by atoms with Crippen LogP contribution in [0.4, 0.5) is 0 Å². The SMILES string of the molecule is CN(C)C(=O)[C@@H]([NH3+])Cc1ccc(Oc2ccc(CCC(=O)NO)cc2)cc1. The highest BCUT2D eigenvalue weighted by Gasteiger charge is 2.19. The molecule has 1 atom stereocenters. The van der Waals surface area contributed by atoms with Gasteiger partial charge in [-0.1, -0.05) is 24.3 Å². The van der Waals surface area contributed by atoms with E-state index in [9.17, 15) is 9.59 Å². The van der Waals surface area contributed by atoms with Crippen LogP contribution in [0.1, 0.15) is 17.5 Å². The third-order valence-electron chi connectivity index (χ3n) is 4.12. The van der Waals surface area contributed by atoms with Crippen LogP contribution in [0.2, 0.25) is 0 Å². The number of benzene rings is 2. The van der Waals surface area contributed by atoms with E-state index in [-0.39, 0.29) is 18.4 Å². The summed E-state index contributed by atoms with van der Waals surface area (Å²) >= 11 is 0. The van der Waals surface area contributed by atoms with Gasteiger partial charge in [-0.3, -0.25) is 14.8 Å². The number of hydrogen-bond donors (Lipinski definition) is 3. The first-order chi connectivity index (χ1) is 12.9. The summed E-state index contributed by atoms with van der Waals surface area (Å²) in [6.45, 7) is 0. The van der Waals surface area contributed by atoms with Crippen LogP contribution in [0.3, 0.4) is 0 Å². The normalized spacial score (nSPS) is 11.6. The van der Waals surface area contributed by atoms with E-state index in [1.165, 1.54) is 0 Å². The molecule has 0 aromatic heterocycles. The molecule has 0 saturated heterocycles. The predicted octanol–water partition coefficient (Wildman–Crippen LogP) is 1.16. The van der Waals surface area contributed by atoms with Gasteiger partial charge in [0, 0.05) is 26.9 Å². The van der Waals surface area contributed by atoms with Crippen molar-refractivity contribution in [2.75, 3.05) is 14.1 Å². The van der Waals surface area contributed by atoms with Crippen LogP contribution >= 0.6 is 0 Å².